The number of fused-ring (bicyclic) bond motifs is 1. The van der Waals surface area contributed by atoms with Crippen molar-refractivity contribution in [1.29, 1.82) is 0 Å². The van der Waals surface area contributed by atoms with Crippen molar-refractivity contribution in [2.45, 2.75) is 77.4 Å². The van der Waals surface area contributed by atoms with E-state index in [0.717, 1.165) is 25.2 Å². The molecule has 5 nitrogen and oxygen atoms in total. The molecule has 1 unspecified atom stereocenters. The lowest BCUT2D eigenvalue weighted by Crippen LogP contribution is -2.49. The quantitative estimate of drug-likeness (QED) is 0.780. The number of nitrogens with zero attached hydrogens (tertiary/aromatic N) is 3. The molecule has 4 aliphatic heterocycles. The Morgan fingerprint density at radius 2 is 1.93 bits per heavy atom. The van der Waals surface area contributed by atoms with E-state index in [-0.39, 0.29) is 11.9 Å². The van der Waals surface area contributed by atoms with Crippen molar-refractivity contribution in [3.05, 3.63) is 11.8 Å². The third-order valence-electron chi connectivity index (χ3n) is 8.59. The SMILES string of the molecule is CCC(C)(CC)C12CC(C1)N(C1CCN(C3C=NC(C(=O)NC)=C3)CC1)C2. The average molecular weight is 373 g/mol. The van der Waals surface area contributed by atoms with Gasteiger partial charge >= 0.3 is 0 Å². The minimum atomic E-state index is -0.0827. The molecule has 1 atom stereocenters. The molecule has 4 heterocycles. The predicted molar refractivity (Wildman–Crippen MR) is 110 cm³/mol. The highest BCUT2D eigenvalue weighted by atomic mass is 16.1. The average Bonchev–Trinajstić information content (AvgIpc) is 3.40. The molecule has 5 heteroatoms. The molecule has 1 amide bonds. The highest BCUT2D eigenvalue weighted by molar-refractivity contribution is 5.97. The number of likely N-dealkylation sites (N-methyl/N-ethyl adjacent to an activating group) is 1. The first kappa shape index (κ1) is 19.1. The molecule has 5 aliphatic rings. The lowest BCUT2D eigenvalue weighted by atomic mass is 9.53. The molecule has 0 radical (unpaired) electrons. The summed E-state index contributed by atoms with van der Waals surface area (Å²) in [6.07, 6.45) is 11.9. The number of hydrogen-bond donors (Lipinski definition) is 1. The van der Waals surface area contributed by atoms with Gasteiger partial charge in [-0.05, 0) is 42.6 Å². The molecule has 3 saturated heterocycles. The van der Waals surface area contributed by atoms with Crippen LogP contribution in [0.1, 0.15) is 59.3 Å². The highest BCUT2D eigenvalue weighted by Gasteiger charge is 2.62. The zero-order chi connectivity index (χ0) is 19.2. The van der Waals surface area contributed by atoms with Crippen LogP contribution in [0.3, 0.4) is 0 Å². The Hall–Kier alpha value is -1.20. The minimum Gasteiger partial charge on any atom is -0.354 e. The van der Waals surface area contributed by atoms with Crippen LogP contribution >= 0.6 is 0 Å². The number of piperidine rings is 1. The zero-order valence-corrected chi connectivity index (χ0v) is 17.5. The van der Waals surface area contributed by atoms with E-state index in [0.29, 0.717) is 16.5 Å². The van der Waals surface area contributed by atoms with E-state index in [1.807, 2.05) is 12.3 Å². The van der Waals surface area contributed by atoms with Crippen LogP contribution < -0.4 is 5.32 Å². The molecule has 1 aliphatic carbocycles. The predicted octanol–water partition coefficient (Wildman–Crippen LogP) is 2.82. The third kappa shape index (κ3) is 2.98. The minimum absolute atomic E-state index is 0.0827. The van der Waals surface area contributed by atoms with Crippen molar-refractivity contribution >= 4 is 12.1 Å². The number of aliphatic imine (C=N–C) groups is 1. The van der Waals surface area contributed by atoms with E-state index in [9.17, 15) is 4.79 Å². The summed E-state index contributed by atoms with van der Waals surface area (Å²) in [4.78, 5) is 21.4. The molecule has 0 spiro atoms. The standard InChI is InChI=1S/C22H36N4O/c1-5-21(3,6-2)22-12-18(13-22)26(15-22)16-7-9-25(10-8-16)17-11-19(24-14-17)20(27)23-4/h11,14,16-18H,5-10,12-13,15H2,1-4H3,(H,23,27). The smallest absolute Gasteiger partial charge is 0.269 e. The lowest BCUT2D eigenvalue weighted by Gasteiger charge is -2.51. The van der Waals surface area contributed by atoms with Gasteiger partial charge in [0.25, 0.3) is 5.91 Å². The summed E-state index contributed by atoms with van der Waals surface area (Å²) in [6, 6.07) is 1.78. The highest BCUT2D eigenvalue weighted by Crippen LogP contribution is 2.64. The molecule has 5 rings (SSSR count). The van der Waals surface area contributed by atoms with Gasteiger partial charge in [0, 0.05) is 45.0 Å². The molecule has 1 N–H and O–H groups in total. The third-order valence-corrected chi connectivity index (χ3v) is 8.59. The van der Waals surface area contributed by atoms with E-state index in [2.05, 4.69) is 40.9 Å². The molecule has 1 saturated carbocycles. The Morgan fingerprint density at radius 3 is 2.52 bits per heavy atom. The molecule has 0 aromatic carbocycles. The molecule has 4 fully saturated rings. The largest absolute Gasteiger partial charge is 0.354 e. The van der Waals surface area contributed by atoms with Gasteiger partial charge in [-0.1, -0.05) is 33.6 Å². The maximum absolute atomic E-state index is 11.8. The second kappa shape index (κ2) is 7.00. The summed E-state index contributed by atoms with van der Waals surface area (Å²) in [5, 5.41) is 2.66. The van der Waals surface area contributed by atoms with E-state index in [1.165, 1.54) is 45.1 Å². The fraction of sp³-hybridized carbons (Fsp3) is 0.818. The van der Waals surface area contributed by atoms with Gasteiger partial charge in [-0.3, -0.25) is 19.6 Å². The van der Waals surface area contributed by atoms with Gasteiger partial charge in [-0.25, -0.2) is 0 Å². The van der Waals surface area contributed by atoms with Gasteiger partial charge in [0.1, 0.15) is 5.70 Å². The number of hydrogen-bond acceptors (Lipinski definition) is 4. The molecule has 27 heavy (non-hydrogen) atoms. The number of nitrogens with one attached hydrogen (secondary N) is 1. The summed E-state index contributed by atoms with van der Waals surface area (Å²) >= 11 is 0. The van der Waals surface area contributed by atoms with E-state index >= 15 is 0 Å². The summed E-state index contributed by atoms with van der Waals surface area (Å²) in [5.41, 5.74) is 1.66. The van der Waals surface area contributed by atoms with E-state index < -0.39 is 0 Å². The van der Waals surface area contributed by atoms with Crippen LogP contribution in [0.5, 0.6) is 0 Å². The van der Waals surface area contributed by atoms with Crippen LogP contribution in [0.25, 0.3) is 0 Å². The molecule has 0 aromatic heterocycles. The van der Waals surface area contributed by atoms with E-state index in [1.54, 1.807) is 7.05 Å². The van der Waals surface area contributed by atoms with Crippen molar-refractivity contribution in [2.24, 2.45) is 15.8 Å². The maximum Gasteiger partial charge on any atom is 0.269 e. The van der Waals surface area contributed by atoms with Crippen LogP contribution in [-0.2, 0) is 4.79 Å². The second-order valence-corrected chi connectivity index (χ2v) is 9.45. The van der Waals surface area contributed by atoms with Crippen molar-refractivity contribution in [3.8, 4) is 0 Å². The fourth-order valence-electron chi connectivity index (χ4n) is 6.18. The Labute approximate surface area is 164 Å². The molecule has 2 bridgehead atoms. The van der Waals surface area contributed by atoms with Gasteiger partial charge < -0.3 is 5.32 Å². The van der Waals surface area contributed by atoms with Crippen molar-refractivity contribution < 1.29 is 4.79 Å². The summed E-state index contributed by atoms with van der Waals surface area (Å²) < 4.78 is 0. The summed E-state index contributed by atoms with van der Waals surface area (Å²) in [6.45, 7) is 10.8. The van der Waals surface area contributed by atoms with Crippen molar-refractivity contribution in [2.75, 3.05) is 26.7 Å². The molecular weight excluding hydrogens is 336 g/mol. The van der Waals surface area contributed by atoms with Crippen LogP contribution in [-0.4, -0.2) is 66.7 Å². The molecular formula is C22H36N4O. The normalized spacial score (nSPS) is 34.6. The topological polar surface area (TPSA) is 47.9 Å². The zero-order valence-electron chi connectivity index (χ0n) is 17.5. The Bertz CT molecular complexity index is 637. The van der Waals surface area contributed by atoms with Gasteiger partial charge in [-0.15, -0.1) is 0 Å². The first-order valence-corrected chi connectivity index (χ1v) is 10.9. The number of carbonyl (C=O) groups excluding carboxylic acids is 1. The molecule has 0 aromatic rings. The van der Waals surface area contributed by atoms with Gasteiger partial charge in [-0.2, -0.15) is 0 Å². The Balaban J connectivity index is 1.33. The van der Waals surface area contributed by atoms with Crippen LogP contribution in [0.4, 0.5) is 0 Å². The number of likely N-dealkylation sites (tertiary alicyclic amines) is 1. The second-order valence-electron chi connectivity index (χ2n) is 9.45. The van der Waals surface area contributed by atoms with Gasteiger partial charge in [0.05, 0.1) is 6.04 Å². The number of carbonyl (C=O) groups is 1. The first-order chi connectivity index (χ1) is 12.9. The van der Waals surface area contributed by atoms with Crippen molar-refractivity contribution in [3.63, 3.8) is 0 Å². The lowest BCUT2D eigenvalue weighted by molar-refractivity contribution is -0.117. The van der Waals surface area contributed by atoms with E-state index in [4.69, 9.17) is 0 Å². The fourth-order valence-corrected chi connectivity index (χ4v) is 6.18. The Kier molecular flexibility index (Phi) is 4.96. The first-order valence-electron chi connectivity index (χ1n) is 10.9. The monoisotopic (exact) mass is 372 g/mol. The number of rotatable bonds is 6. The van der Waals surface area contributed by atoms with Gasteiger partial charge in [0.15, 0.2) is 0 Å². The van der Waals surface area contributed by atoms with Crippen molar-refractivity contribution in [1.82, 2.24) is 15.1 Å². The summed E-state index contributed by atoms with van der Waals surface area (Å²) in [5.74, 6) is -0.0827. The Morgan fingerprint density at radius 1 is 1.26 bits per heavy atom. The molecule has 150 valence electrons. The van der Waals surface area contributed by atoms with Crippen LogP contribution in [0.15, 0.2) is 16.8 Å². The maximum atomic E-state index is 11.8. The van der Waals surface area contributed by atoms with Crippen LogP contribution in [0.2, 0.25) is 0 Å². The van der Waals surface area contributed by atoms with Crippen LogP contribution in [0, 0.1) is 10.8 Å². The summed E-state index contributed by atoms with van der Waals surface area (Å²) in [7, 11) is 1.66. The number of amides is 1. The van der Waals surface area contributed by atoms with Gasteiger partial charge in [0.2, 0.25) is 0 Å².